The smallest absolute Gasteiger partial charge is 0.367 e. The molecule has 0 aliphatic carbocycles. The summed E-state index contributed by atoms with van der Waals surface area (Å²) in [6.07, 6.45) is -0.336. The molecule has 1 amide bonds. The van der Waals surface area contributed by atoms with Crippen molar-refractivity contribution in [2.75, 3.05) is 20.1 Å². The van der Waals surface area contributed by atoms with E-state index in [2.05, 4.69) is 15.0 Å². The van der Waals surface area contributed by atoms with Crippen LogP contribution in [0.25, 0.3) is 17.0 Å². The van der Waals surface area contributed by atoms with Crippen LogP contribution in [0.1, 0.15) is 36.5 Å². The van der Waals surface area contributed by atoms with E-state index in [1.165, 1.54) is 28.6 Å². The zero-order chi connectivity index (χ0) is 27.9. The quantitative estimate of drug-likeness (QED) is 0.446. The van der Waals surface area contributed by atoms with Crippen LogP contribution < -0.4 is 0 Å². The Kier molecular flexibility index (Phi) is 7.67. The number of amides is 1. The Morgan fingerprint density at radius 3 is 2.67 bits per heavy atom. The monoisotopic (exact) mass is 577 g/mol. The van der Waals surface area contributed by atoms with Gasteiger partial charge >= 0.3 is 6.18 Å². The molecule has 2 aromatic carbocycles. The number of carbonyl (C=O) groups is 1. The molecule has 39 heavy (non-hydrogen) atoms. The number of hydrogen-bond acceptors (Lipinski definition) is 6. The summed E-state index contributed by atoms with van der Waals surface area (Å²) in [5.41, 5.74) is 0.813. The van der Waals surface area contributed by atoms with Crippen molar-refractivity contribution < 1.29 is 23.1 Å². The average molecular weight is 578 g/mol. The molecule has 3 heterocycles. The van der Waals surface area contributed by atoms with Crippen LogP contribution in [0, 0.1) is 0 Å². The summed E-state index contributed by atoms with van der Waals surface area (Å²) in [4.78, 5) is 20.7. The summed E-state index contributed by atoms with van der Waals surface area (Å²) in [7, 11) is 1.83. The predicted molar refractivity (Wildman–Crippen MR) is 147 cm³/mol. The molecule has 2 aliphatic rings. The molecule has 0 spiro atoms. The van der Waals surface area contributed by atoms with Crippen molar-refractivity contribution in [2.24, 2.45) is 4.99 Å². The topological polar surface area (TPSA) is 74.0 Å². The number of carbonyl (C=O) groups excluding carboxylic acids is 1. The maximum absolute atomic E-state index is 13.5. The molecule has 1 atom stereocenters. The lowest BCUT2D eigenvalue weighted by Gasteiger charge is -2.36. The number of thioether (sulfide) groups is 1. The minimum Gasteiger partial charge on any atom is -0.367 e. The van der Waals surface area contributed by atoms with Crippen molar-refractivity contribution in [3.8, 4) is 0 Å². The zero-order valence-electron chi connectivity index (χ0n) is 21.3. The van der Waals surface area contributed by atoms with Crippen LogP contribution in [0.4, 0.5) is 13.2 Å². The van der Waals surface area contributed by atoms with E-state index in [1.54, 1.807) is 18.0 Å². The summed E-state index contributed by atoms with van der Waals surface area (Å²) in [6, 6.07) is 9.48. The molecular weight excluding hydrogens is 551 g/mol. The lowest BCUT2D eigenvalue weighted by Crippen LogP contribution is -2.46. The Hall–Kier alpha value is -3.02. The van der Waals surface area contributed by atoms with Gasteiger partial charge in [0.1, 0.15) is 0 Å². The Morgan fingerprint density at radius 2 is 1.97 bits per heavy atom. The number of amidine groups is 1. The number of aliphatic hydroxyl groups is 1. The van der Waals surface area contributed by atoms with Crippen LogP contribution in [0.3, 0.4) is 0 Å². The van der Waals surface area contributed by atoms with Crippen LogP contribution in [0.5, 0.6) is 0 Å². The Balaban J connectivity index is 1.29. The van der Waals surface area contributed by atoms with E-state index >= 15 is 0 Å². The van der Waals surface area contributed by atoms with Crippen LogP contribution in [0.2, 0.25) is 5.02 Å². The van der Waals surface area contributed by atoms with Gasteiger partial charge in [-0.15, -0.1) is 0 Å². The van der Waals surface area contributed by atoms with Crippen LogP contribution in [-0.4, -0.2) is 68.2 Å². The van der Waals surface area contributed by atoms with Gasteiger partial charge in [-0.05, 0) is 54.3 Å². The molecule has 2 aliphatic heterocycles. The largest absolute Gasteiger partial charge is 0.416 e. The highest BCUT2D eigenvalue weighted by molar-refractivity contribution is 8.17. The fraction of sp³-hybridized carbons (Fsp3) is 0.370. The highest BCUT2D eigenvalue weighted by atomic mass is 35.5. The van der Waals surface area contributed by atoms with Crippen LogP contribution in [-0.2, 0) is 17.5 Å². The van der Waals surface area contributed by atoms with Crippen LogP contribution in [0.15, 0.2) is 52.5 Å². The molecule has 3 aromatic rings. The second-order valence-corrected chi connectivity index (χ2v) is 11.2. The second-order valence-electron chi connectivity index (χ2n) is 9.70. The fourth-order valence-corrected chi connectivity index (χ4v) is 6.10. The maximum Gasteiger partial charge on any atom is 0.416 e. The highest BCUT2D eigenvalue weighted by Gasteiger charge is 2.34. The van der Waals surface area contributed by atoms with E-state index in [4.69, 9.17) is 11.6 Å². The summed E-state index contributed by atoms with van der Waals surface area (Å²) in [5, 5.41) is 16.4. The predicted octanol–water partition coefficient (Wildman–Crippen LogP) is 5.46. The number of hydrogen-bond donors (Lipinski definition) is 1. The Labute approximate surface area is 232 Å². The number of benzene rings is 2. The van der Waals surface area contributed by atoms with Gasteiger partial charge < -0.3 is 14.9 Å². The number of halogens is 4. The number of aliphatic imine (C=N–C) groups is 1. The number of piperidine rings is 1. The average Bonchev–Trinajstić information content (AvgIpc) is 3.46. The normalized spacial score (nSPS) is 19.7. The van der Waals surface area contributed by atoms with Gasteiger partial charge in [0.05, 0.1) is 23.8 Å². The molecule has 1 fully saturated rings. The number of aromatic nitrogens is 2. The van der Waals surface area contributed by atoms with E-state index in [-0.39, 0.29) is 29.1 Å². The SMILES string of the molecule is CC(=O)N(C)C1CCN(C2=NC(O)/C(=C/c3ccc4c(cnn4Cc4ccc(Cl)cc4C(F)(F)F)c3)S2)CC1. The minimum absolute atomic E-state index is 0.0262. The second kappa shape index (κ2) is 10.9. The van der Waals surface area contributed by atoms with Crippen molar-refractivity contribution in [3.05, 3.63) is 69.2 Å². The van der Waals surface area contributed by atoms with Gasteiger partial charge in [0.2, 0.25) is 5.91 Å². The molecule has 206 valence electrons. The zero-order valence-corrected chi connectivity index (χ0v) is 22.9. The highest BCUT2D eigenvalue weighted by Crippen LogP contribution is 2.36. The lowest BCUT2D eigenvalue weighted by molar-refractivity contribution is -0.138. The standard InChI is InChI=1S/C27H27ClF3N5O2S/c1-16(37)34(2)21-7-9-35(10-8-21)26-33-25(38)24(39-26)12-17-3-6-23-19(11-17)14-32-36(23)15-18-4-5-20(28)13-22(18)27(29,30)31/h3-6,11-14,21,25,38H,7-10,15H2,1-2H3/b24-12-. The Bertz CT molecular complexity index is 1460. The van der Waals surface area contributed by atoms with E-state index in [1.807, 2.05) is 31.3 Å². The molecule has 0 bridgehead atoms. The van der Waals surface area contributed by atoms with Gasteiger partial charge in [0.15, 0.2) is 11.4 Å². The van der Waals surface area contributed by atoms with Gasteiger partial charge in [-0.2, -0.15) is 18.3 Å². The third kappa shape index (κ3) is 5.95. The van der Waals surface area contributed by atoms with Crippen molar-refractivity contribution in [3.63, 3.8) is 0 Å². The third-order valence-electron chi connectivity index (χ3n) is 7.15. The molecule has 1 N–H and O–H groups in total. The maximum atomic E-state index is 13.5. The summed E-state index contributed by atoms with van der Waals surface area (Å²) >= 11 is 7.23. The molecule has 12 heteroatoms. The van der Waals surface area contributed by atoms with Gasteiger partial charge in [-0.25, -0.2) is 4.99 Å². The number of fused-ring (bicyclic) bond motifs is 1. The van der Waals surface area contributed by atoms with Gasteiger partial charge in [0.25, 0.3) is 0 Å². The molecule has 1 saturated heterocycles. The van der Waals surface area contributed by atoms with Crippen LogP contribution >= 0.6 is 23.4 Å². The summed E-state index contributed by atoms with van der Waals surface area (Å²) < 4.78 is 42.1. The minimum atomic E-state index is -4.52. The number of aliphatic hydroxyl groups excluding tert-OH is 1. The third-order valence-corrected chi connectivity index (χ3v) is 8.49. The van der Waals surface area contributed by atoms with Crippen molar-refractivity contribution in [1.82, 2.24) is 19.6 Å². The first-order valence-electron chi connectivity index (χ1n) is 12.4. The number of nitrogens with zero attached hydrogens (tertiary/aromatic N) is 5. The summed E-state index contributed by atoms with van der Waals surface area (Å²) in [6.45, 7) is 3.02. The molecule has 1 unspecified atom stereocenters. The number of alkyl halides is 3. The molecule has 5 rings (SSSR count). The van der Waals surface area contributed by atoms with Gasteiger partial charge in [-0.3, -0.25) is 9.48 Å². The van der Waals surface area contributed by atoms with E-state index in [0.717, 1.165) is 48.1 Å². The number of rotatable bonds is 4. The first-order valence-corrected chi connectivity index (χ1v) is 13.6. The molecule has 7 nitrogen and oxygen atoms in total. The van der Waals surface area contributed by atoms with Gasteiger partial charge in [-0.1, -0.05) is 35.5 Å². The molecule has 1 aromatic heterocycles. The van der Waals surface area contributed by atoms with E-state index < -0.39 is 18.0 Å². The summed E-state index contributed by atoms with van der Waals surface area (Å²) in [5.74, 6) is 0.0558. The fourth-order valence-electron chi connectivity index (χ4n) is 4.90. The first-order chi connectivity index (χ1) is 18.5. The van der Waals surface area contributed by atoms with Crippen molar-refractivity contribution in [1.29, 1.82) is 0 Å². The lowest BCUT2D eigenvalue weighted by atomic mass is 10.0. The molecule has 0 radical (unpaired) electrons. The van der Waals surface area contributed by atoms with Gasteiger partial charge in [0, 0.05) is 48.4 Å². The molecule has 0 saturated carbocycles. The number of likely N-dealkylation sites (tertiary alicyclic amines) is 1. The molecular formula is C27H27ClF3N5O2S. The van der Waals surface area contributed by atoms with Crippen molar-refractivity contribution >= 4 is 51.4 Å². The van der Waals surface area contributed by atoms with E-state index in [0.29, 0.717) is 10.4 Å². The van der Waals surface area contributed by atoms with E-state index in [9.17, 15) is 23.1 Å². The Morgan fingerprint density at radius 1 is 1.23 bits per heavy atom. The van der Waals surface area contributed by atoms with Crippen molar-refractivity contribution in [2.45, 2.75) is 44.8 Å². The first kappa shape index (κ1) is 27.5.